The van der Waals surface area contributed by atoms with Gasteiger partial charge in [-0.3, -0.25) is 0 Å². The van der Waals surface area contributed by atoms with Crippen molar-refractivity contribution in [2.75, 3.05) is 0 Å². The molecule has 0 fully saturated rings. The van der Waals surface area contributed by atoms with E-state index in [-0.39, 0.29) is 12.4 Å². The summed E-state index contributed by atoms with van der Waals surface area (Å²) in [6.07, 6.45) is -0.402. The summed E-state index contributed by atoms with van der Waals surface area (Å²) >= 11 is 0. The maximum atomic E-state index is 11.4. The minimum atomic E-state index is -0.465. The van der Waals surface area contributed by atoms with Crippen molar-refractivity contribution in [2.45, 2.75) is 39.5 Å². The number of carbonyl (C=O) groups is 1. The quantitative estimate of drug-likeness (QED) is 0.889. The number of hydrogen-bond acceptors (Lipinski definition) is 3. The number of benzene rings is 1. The molecule has 0 atom stereocenters. The van der Waals surface area contributed by atoms with Crippen LogP contribution in [0.15, 0.2) is 24.3 Å². The van der Waals surface area contributed by atoms with Crippen LogP contribution in [0, 0.1) is 0 Å². The third-order valence-electron chi connectivity index (χ3n) is 2.09. The van der Waals surface area contributed by atoms with Crippen molar-refractivity contribution in [3.05, 3.63) is 35.4 Å². The number of rotatable bonds is 3. The molecule has 18 heavy (non-hydrogen) atoms. The molecule has 0 bridgehead atoms. The summed E-state index contributed by atoms with van der Waals surface area (Å²) < 4.78 is 5.13. The molecular weight excluding hydrogens is 252 g/mol. The van der Waals surface area contributed by atoms with E-state index in [1.165, 1.54) is 0 Å². The molecule has 1 amide bonds. The summed E-state index contributed by atoms with van der Waals surface area (Å²) in [6, 6.07) is 7.79. The molecule has 3 N–H and O–H groups in total. The van der Waals surface area contributed by atoms with Gasteiger partial charge in [-0.25, -0.2) is 4.79 Å². The van der Waals surface area contributed by atoms with E-state index in [0.29, 0.717) is 13.1 Å². The molecule has 0 unspecified atom stereocenters. The average Bonchev–Trinajstić information content (AvgIpc) is 2.25. The molecule has 5 heteroatoms. The number of carbonyl (C=O) groups excluding carboxylic acids is 1. The van der Waals surface area contributed by atoms with Crippen LogP contribution in [0.3, 0.4) is 0 Å². The van der Waals surface area contributed by atoms with Gasteiger partial charge in [-0.1, -0.05) is 24.3 Å². The first-order chi connectivity index (χ1) is 7.90. The molecule has 1 rings (SSSR count). The fourth-order valence-electron chi connectivity index (χ4n) is 1.28. The van der Waals surface area contributed by atoms with Gasteiger partial charge in [-0.05, 0) is 31.9 Å². The molecule has 1 aromatic carbocycles. The summed E-state index contributed by atoms with van der Waals surface area (Å²) in [5.41, 5.74) is 7.13. The standard InChI is InChI=1S/C13H20N2O2.ClH/c1-13(2,3)17-12(16)15-9-11-6-4-10(8-14)5-7-11;/h4-7H,8-9,14H2,1-3H3,(H,15,16);1H. The highest BCUT2D eigenvalue weighted by molar-refractivity contribution is 5.85. The van der Waals surface area contributed by atoms with E-state index >= 15 is 0 Å². The third-order valence-corrected chi connectivity index (χ3v) is 2.09. The van der Waals surface area contributed by atoms with Crippen molar-refractivity contribution in [3.8, 4) is 0 Å². The molecule has 0 radical (unpaired) electrons. The topological polar surface area (TPSA) is 64.3 Å². The fraction of sp³-hybridized carbons (Fsp3) is 0.462. The van der Waals surface area contributed by atoms with Crippen LogP contribution in [0.5, 0.6) is 0 Å². The Morgan fingerprint density at radius 2 is 1.72 bits per heavy atom. The minimum Gasteiger partial charge on any atom is -0.444 e. The highest BCUT2D eigenvalue weighted by Crippen LogP contribution is 2.07. The Balaban J connectivity index is 0.00000289. The number of amides is 1. The van der Waals surface area contributed by atoms with Crippen molar-refractivity contribution < 1.29 is 9.53 Å². The lowest BCUT2D eigenvalue weighted by molar-refractivity contribution is 0.0523. The molecule has 0 saturated heterocycles. The first kappa shape index (κ1) is 16.7. The molecule has 1 aromatic rings. The summed E-state index contributed by atoms with van der Waals surface area (Å²) in [5.74, 6) is 0. The molecule has 0 aliphatic heterocycles. The van der Waals surface area contributed by atoms with Gasteiger partial charge in [-0.2, -0.15) is 0 Å². The Bertz CT molecular complexity index is 372. The second kappa shape index (κ2) is 7.24. The molecule has 0 aliphatic carbocycles. The largest absolute Gasteiger partial charge is 0.444 e. The molecule has 0 spiro atoms. The first-order valence-electron chi connectivity index (χ1n) is 5.65. The number of ether oxygens (including phenoxy) is 1. The van der Waals surface area contributed by atoms with Crippen molar-refractivity contribution in [1.29, 1.82) is 0 Å². The van der Waals surface area contributed by atoms with Gasteiger partial charge in [-0.15, -0.1) is 12.4 Å². The highest BCUT2D eigenvalue weighted by atomic mass is 35.5. The lowest BCUT2D eigenvalue weighted by Crippen LogP contribution is -2.32. The van der Waals surface area contributed by atoms with E-state index in [4.69, 9.17) is 10.5 Å². The monoisotopic (exact) mass is 272 g/mol. The van der Waals surface area contributed by atoms with Crippen LogP contribution < -0.4 is 11.1 Å². The zero-order chi connectivity index (χ0) is 12.9. The Kier molecular flexibility index (Phi) is 6.73. The number of nitrogens with two attached hydrogens (primary N) is 1. The predicted octanol–water partition coefficient (Wildman–Crippen LogP) is 2.59. The molecule has 0 heterocycles. The maximum absolute atomic E-state index is 11.4. The number of halogens is 1. The van der Waals surface area contributed by atoms with E-state index in [2.05, 4.69) is 5.32 Å². The summed E-state index contributed by atoms with van der Waals surface area (Å²) in [4.78, 5) is 11.4. The van der Waals surface area contributed by atoms with Crippen molar-refractivity contribution in [1.82, 2.24) is 5.32 Å². The van der Waals surface area contributed by atoms with Crippen LogP contribution >= 0.6 is 12.4 Å². The number of alkyl carbamates (subject to hydrolysis) is 1. The van der Waals surface area contributed by atoms with Gasteiger partial charge < -0.3 is 15.8 Å². The fourth-order valence-corrected chi connectivity index (χ4v) is 1.28. The van der Waals surface area contributed by atoms with Crippen LogP contribution in [-0.2, 0) is 17.8 Å². The van der Waals surface area contributed by atoms with Crippen molar-refractivity contribution in [2.24, 2.45) is 5.73 Å². The molecule has 102 valence electrons. The summed E-state index contributed by atoms with van der Waals surface area (Å²) in [5, 5.41) is 2.70. The van der Waals surface area contributed by atoms with Gasteiger partial charge in [0.2, 0.25) is 0 Å². The van der Waals surface area contributed by atoms with Gasteiger partial charge in [0.05, 0.1) is 0 Å². The van der Waals surface area contributed by atoms with Crippen molar-refractivity contribution in [3.63, 3.8) is 0 Å². The molecule has 4 nitrogen and oxygen atoms in total. The average molecular weight is 273 g/mol. The van der Waals surface area contributed by atoms with E-state index < -0.39 is 11.7 Å². The zero-order valence-electron chi connectivity index (χ0n) is 11.0. The summed E-state index contributed by atoms with van der Waals surface area (Å²) in [6.45, 7) is 6.49. The maximum Gasteiger partial charge on any atom is 0.407 e. The number of hydrogen-bond donors (Lipinski definition) is 2. The highest BCUT2D eigenvalue weighted by Gasteiger charge is 2.15. The normalized spacial score (nSPS) is 10.4. The van der Waals surface area contributed by atoms with E-state index in [1.807, 2.05) is 45.0 Å². The van der Waals surface area contributed by atoms with Crippen LogP contribution in [-0.4, -0.2) is 11.7 Å². The summed E-state index contributed by atoms with van der Waals surface area (Å²) in [7, 11) is 0. The molecule has 0 aromatic heterocycles. The van der Waals surface area contributed by atoms with Crippen LogP contribution in [0.25, 0.3) is 0 Å². The predicted molar refractivity (Wildman–Crippen MR) is 74.7 cm³/mol. The lowest BCUT2D eigenvalue weighted by Gasteiger charge is -2.19. The molecule has 0 aliphatic rings. The van der Waals surface area contributed by atoms with Crippen LogP contribution in [0.2, 0.25) is 0 Å². The van der Waals surface area contributed by atoms with Gasteiger partial charge in [0.15, 0.2) is 0 Å². The zero-order valence-corrected chi connectivity index (χ0v) is 11.8. The molecule has 0 saturated carbocycles. The van der Waals surface area contributed by atoms with E-state index in [1.54, 1.807) is 0 Å². The number of nitrogens with one attached hydrogen (secondary N) is 1. The first-order valence-corrected chi connectivity index (χ1v) is 5.65. The Morgan fingerprint density at radius 3 is 2.17 bits per heavy atom. The molecular formula is C13H21ClN2O2. The van der Waals surface area contributed by atoms with Gasteiger partial charge in [0, 0.05) is 13.1 Å². The smallest absolute Gasteiger partial charge is 0.407 e. The Labute approximate surface area is 114 Å². The SMILES string of the molecule is CC(C)(C)OC(=O)NCc1ccc(CN)cc1.Cl. The van der Waals surface area contributed by atoms with Crippen LogP contribution in [0.4, 0.5) is 4.79 Å². The van der Waals surface area contributed by atoms with Crippen LogP contribution in [0.1, 0.15) is 31.9 Å². The van der Waals surface area contributed by atoms with Gasteiger partial charge >= 0.3 is 6.09 Å². The van der Waals surface area contributed by atoms with E-state index in [0.717, 1.165) is 11.1 Å². The third kappa shape index (κ3) is 6.47. The Morgan fingerprint density at radius 1 is 1.22 bits per heavy atom. The lowest BCUT2D eigenvalue weighted by atomic mass is 10.1. The van der Waals surface area contributed by atoms with Gasteiger partial charge in [0.1, 0.15) is 5.60 Å². The second-order valence-corrected chi connectivity index (χ2v) is 4.88. The minimum absolute atomic E-state index is 0. The second-order valence-electron chi connectivity index (χ2n) is 4.88. The van der Waals surface area contributed by atoms with Crippen molar-refractivity contribution >= 4 is 18.5 Å². The Hall–Kier alpha value is -1.26. The van der Waals surface area contributed by atoms with Gasteiger partial charge in [0.25, 0.3) is 0 Å². The van der Waals surface area contributed by atoms with E-state index in [9.17, 15) is 4.79 Å².